The number of nitrogens with one attached hydrogen (secondary N) is 3. The summed E-state index contributed by atoms with van der Waals surface area (Å²) in [6, 6.07) is 12.7. The molecule has 0 unspecified atom stereocenters. The average molecular weight is 709 g/mol. The molecule has 14 heteroatoms. The van der Waals surface area contributed by atoms with Gasteiger partial charge < -0.3 is 35.4 Å². The molecule has 2 amide bonds. The number of carbonyl (C=O) groups is 2. The number of piperidine rings is 1. The quantitative estimate of drug-likeness (QED) is 0.140. The molecule has 1 saturated heterocycles. The number of pyridine rings is 3. The number of hydrogen-bond donors (Lipinski definition) is 4. The van der Waals surface area contributed by atoms with Gasteiger partial charge in [-0.25, -0.2) is 4.98 Å². The molecule has 3 aromatic heterocycles. The molecule has 49 heavy (non-hydrogen) atoms. The zero-order chi connectivity index (χ0) is 34.9. The van der Waals surface area contributed by atoms with Crippen molar-refractivity contribution in [2.75, 3.05) is 45.8 Å². The topological polar surface area (TPSA) is 151 Å². The van der Waals surface area contributed by atoms with Gasteiger partial charge in [-0.1, -0.05) is 41.4 Å². The fourth-order valence-electron chi connectivity index (χ4n) is 5.62. The normalized spacial score (nSPS) is 13.3. The third-order valence-corrected chi connectivity index (χ3v) is 9.11. The second-order valence-electron chi connectivity index (χ2n) is 11.5. The van der Waals surface area contributed by atoms with E-state index in [0.717, 1.165) is 37.1 Å². The first kappa shape index (κ1) is 36.0. The number of nitrogens with zero attached hydrogens (tertiary/aromatic N) is 4. The van der Waals surface area contributed by atoms with Crippen LogP contribution in [0.3, 0.4) is 0 Å². The van der Waals surface area contributed by atoms with Crippen molar-refractivity contribution in [1.82, 2.24) is 30.5 Å². The van der Waals surface area contributed by atoms with Crippen molar-refractivity contribution in [2.24, 2.45) is 0 Å². The van der Waals surface area contributed by atoms with E-state index < -0.39 is 5.91 Å². The van der Waals surface area contributed by atoms with Crippen LogP contribution in [0.5, 0.6) is 11.6 Å². The Morgan fingerprint density at radius 1 is 0.980 bits per heavy atom. The van der Waals surface area contributed by atoms with Gasteiger partial charge in [0.2, 0.25) is 11.8 Å². The molecule has 4 N–H and O–H groups in total. The lowest BCUT2D eigenvalue weighted by Crippen LogP contribution is -2.44. The molecule has 0 atom stereocenters. The minimum atomic E-state index is -0.479. The van der Waals surface area contributed by atoms with E-state index in [1.807, 2.05) is 17.0 Å². The number of likely N-dealkylation sites (tertiary alicyclic amines) is 1. The number of halogens is 2. The first-order valence-corrected chi connectivity index (χ1v) is 16.6. The number of ether oxygens (including phenoxy) is 2. The molecule has 12 nitrogen and oxygen atoms in total. The average Bonchev–Trinajstić information content (AvgIpc) is 3.12. The van der Waals surface area contributed by atoms with E-state index >= 15 is 0 Å². The summed E-state index contributed by atoms with van der Waals surface area (Å²) in [6.45, 7) is 4.51. The van der Waals surface area contributed by atoms with Crippen LogP contribution in [-0.4, -0.2) is 83.3 Å². The summed E-state index contributed by atoms with van der Waals surface area (Å²) < 4.78 is 11.1. The van der Waals surface area contributed by atoms with E-state index in [1.165, 1.54) is 7.11 Å². The van der Waals surface area contributed by atoms with E-state index in [0.29, 0.717) is 70.5 Å². The number of aliphatic hydroxyl groups is 1. The lowest BCUT2D eigenvalue weighted by Gasteiger charge is -2.31. The van der Waals surface area contributed by atoms with Gasteiger partial charge in [0.25, 0.3) is 5.91 Å². The standard InChI is InChI=1S/C35H39Cl2N7O5/c1-21(46)44-14-10-24(11-15-44)40-19-22-7-8-27(43-35(22)49-3)25-9-12-39-33(32(25)37)26-5-4-6-28(31(26)36)42-34(47)29-17-30(48-2)23(20-41-29)18-38-13-16-45/h4-9,12,17,20,24,38,40,45H,10-11,13-16,18-19H2,1-3H3,(H,42,47). The smallest absolute Gasteiger partial charge is 0.274 e. The number of rotatable bonds is 13. The SMILES string of the molecule is COc1cc(C(=O)Nc2cccc(-c3nccc(-c4ccc(CNC5CCN(C(C)=O)CC5)c(OC)n4)c3Cl)c2Cl)ncc1CNCCO. The Balaban J connectivity index is 1.32. The minimum absolute atomic E-state index is 0.00333. The van der Waals surface area contributed by atoms with E-state index in [-0.39, 0.29) is 23.2 Å². The molecule has 0 spiro atoms. The van der Waals surface area contributed by atoms with E-state index in [1.54, 1.807) is 56.8 Å². The van der Waals surface area contributed by atoms with Gasteiger partial charge in [0.1, 0.15) is 11.4 Å². The molecular formula is C35H39Cl2N7O5. The van der Waals surface area contributed by atoms with Gasteiger partial charge in [0.05, 0.1) is 47.9 Å². The van der Waals surface area contributed by atoms with E-state index in [9.17, 15) is 9.59 Å². The molecule has 1 aliphatic heterocycles. The van der Waals surface area contributed by atoms with E-state index in [4.69, 9.17) is 42.8 Å². The number of aliphatic hydroxyl groups excluding tert-OH is 1. The zero-order valence-corrected chi connectivity index (χ0v) is 29.1. The van der Waals surface area contributed by atoms with E-state index in [2.05, 4.69) is 25.9 Å². The maximum absolute atomic E-state index is 13.2. The predicted octanol–water partition coefficient (Wildman–Crippen LogP) is 4.96. The Morgan fingerprint density at radius 2 is 1.78 bits per heavy atom. The van der Waals surface area contributed by atoms with Crippen molar-refractivity contribution in [2.45, 2.75) is 38.9 Å². The Labute approximate surface area is 295 Å². The van der Waals surface area contributed by atoms with Gasteiger partial charge in [0.15, 0.2) is 0 Å². The van der Waals surface area contributed by atoms with Crippen molar-refractivity contribution in [3.8, 4) is 34.1 Å². The molecule has 5 rings (SSSR count). The summed E-state index contributed by atoms with van der Waals surface area (Å²) in [5.74, 6) is 0.593. The highest BCUT2D eigenvalue weighted by Gasteiger charge is 2.22. The van der Waals surface area contributed by atoms with Gasteiger partial charge in [-0.05, 0) is 31.0 Å². The van der Waals surface area contributed by atoms with Crippen LogP contribution in [0.15, 0.2) is 54.9 Å². The molecule has 1 aromatic carbocycles. The van der Waals surface area contributed by atoms with Gasteiger partial charge in [-0.2, -0.15) is 0 Å². The number of carbonyl (C=O) groups excluding carboxylic acids is 2. The van der Waals surface area contributed by atoms with Crippen LogP contribution in [0.1, 0.15) is 41.4 Å². The summed E-state index contributed by atoms with van der Waals surface area (Å²) in [7, 11) is 3.09. The fourth-order valence-corrected chi connectivity index (χ4v) is 6.20. The third-order valence-electron chi connectivity index (χ3n) is 8.32. The summed E-state index contributed by atoms with van der Waals surface area (Å²) in [6.07, 6.45) is 4.96. The van der Waals surface area contributed by atoms with Gasteiger partial charge in [-0.3, -0.25) is 19.6 Å². The molecule has 4 heterocycles. The highest BCUT2D eigenvalue weighted by molar-refractivity contribution is 6.39. The maximum Gasteiger partial charge on any atom is 0.274 e. The molecule has 1 fully saturated rings. The van der Waals surface area contributed by atoms with Crippen molar-refractivity contribution in [3.05, 3.63) is 81.7 Å². The Morgan fingerprint density at radius 3 is 2.49 bits per heavy atom. The summed E-state index contributed by atoms with van der Waals surface area (Å²) in [4.78, 5) is 40.3. The number of hydrogen-bond acceptors (Lipinski definition) is 10. The Hall–Kier alpha value is -4.33. The Kier molecular flexibility index (Phi) is 12.4. The molecule has 0 bridgehead atoms. The van der Waals surface area contributed by atoms with Crippen molar-refractivity contribution >= 4 is 40.7 Å². The van der Waals surface area contributed by atoms with Crippen molar-refractivity contribution in [1.29, 1.82) is 0 Å². The molecule has 0 saturated carbocycles. The molecule has 4 aromatic rings. The Bertz CT molecular complexity index is 1800. The minimum Gasteiger partial charge on any atom is -0.496 e. The highest BCUT2D eigenvalue weighted by atomic mass is 35.5. The van der Waals surface area contributed by atoms with Crippen molar-refractivity contribution in [3.63, 3.8) is 0 Å². The lowest BCUT2D eigenvalue weighted by atomic mass is 10.0. The van der Waals surface area contributed by atoms with Gasteiger partial charge in [0, 0.05) is 86.4 Å². The largest absolute Gasteiger partial charge is 0.496 e. The second-order valence-corrected chi connectivity index (χ2v) is 12.2. The second kappa shape index (κ2) is 16.9. The first-order chi connectivity index (χ1) is 23.7. The number of anilines is 1. The molecule has 0 radical (unpaired) electrons. The molecule has 258 valence electrons. The summed E-state index contributed by atoms with van der Waals surface area (Å²) in [5.41, 5.74) is 4.31. The number of aromatic nitrogens is 3. The lowest BCUT2D eigenvalue weighted by molar-refractivity contribution is -0.129. The monoisotopic (exact) mass is 707 g/mol. The van der Waals surface area contributed by atoms with Gasteiger partial charge >= 0.3 is 0 Å². The predicted molar refractivity (Wildman–Crippen MR) is 189 cm³/mol. The summed E-state index contributed by atoms with van der Waals surface area (Å²) in [5, 5.41) is 19.1. The maximum atomic E-state index is 13.2. The van der Waals surface area contributed by atoms with Crippen LogP contribution in [0.25, 0.3) is 22.5 Å². The summed E-state index contributed by atoms with van der Waals surface area (Å²) >= 11 is 13.8. The molecule has 1 aliphatic rings. The first-order valence-electron chi connectivity index (χ1n) is 15.9. The van der Waals surface area contributed by atoms with Crippen LogP contribution in [0.2, 0.25) is 10.0 Å². The highest BCUT2D eigenvalue weighted by Crippen LogP contribution is 2.40. The molecule has 0 aliphatic carbocycles. The fraction of sp³-hybridized carbons (Fsp3) is 0.343. The van der Waals surface area contributed by atoms with Crippen LogP contribution >= 0.6 is 23.2 Å². The van der Waals surface area contributed by atoms with Crippen LogP contribution < -0.4 is 25.4 Å². The van der Waals surface area contributed by atoms with Crippen molar-refractivity contribution < 1.29 is 24.2 Å². The number of benzene rings is 1. The zero-order valence-electron chi connectivity index (χ0n) is 27.6. The molecular weight excluding hydrogens is 669 g/mol. The number of amides is 2. The van der Waals surface area contributed by atoms with Gasteiger partial charge in [-0.15, -0.1) is 0 Å². The van der Waals surface area contributed by atoms with Crippen LogP contribution in [-0.2, 0) is 17.9 Å². The van der Waals surface area contributed by atoms with Crippen LogP contribution in [0.4, 0.5) is 5.69 Å². The number of methoxy groups -OCH3 is 2. The third kappa shape index (κ3) is 8.64. The van der Waals surface area contributed by atoms with Crippen LogP contribution in [0, 0.1) is 0 Å².